The molecule has 4 nitrogen and oxygen atoms in total. The van der Waals surface area contributed by atoms with E-state index < -0.39 is 7.82 Å². The van der Waals surface area contributed by atoms with E-state index in [1.54, 1.807) is 30.4 Å². The molecule has 1 aliphatic rings. The monoisotopic (exact) mass is 370 g/mol. The SMILES string of the molecule is C=Cc1ccc2c(c1C=C)C(/C=C/C)=C(/C=C\C(C)=C\C)OP(=O)(O)O2. The zero-order valence-corrected chi connectivity index (χ0v) is 16.1. The van der Waals surface area contributed by atoms with Crippen molar-refractivity contribution in [3.8, 4) is 5.75 Å². The quantitative estimate of drug-likeness (QED) is 0.489. The Morgan fingerprint density at radius 3 is 2.46 bits per heavy atom. The molecule has 0 saturated heterocycles. The zero-order valence-electron chi connectivity index (χ0n) is 15.2. The summed E-state index contributed by atoms with van der Waals surface area (Å²) in [6.07, 6.45) is 12.4. The van der Waals surface area contributed by atoms with Crippen molar-refractivity contribution in [1.29, 1.82) is 0 Å². The molecule has 1 aromatic carbocycles. The lowest BCUT2D eigenvalue weighted by molar-refractivity contribution is 0.259. The molecule has 0 spiro atoms. The molecule has 2 rings (SSSR count). The van der Waals surface area contributed by atoms with Crippen LogP contribution in [0.1, 0.15) is 37.5 Å². The Labute approximate surface area is 154 Å². The van der Waals surface area contributed by atoms with E-state index in [-0.39, 0.29) is 11.5 Å². The smallest absolute Gasteiger partial charge is 0.395 e. The fourth-order valence-electron chi connectivity index (χ4n) is 2.56. The van der Waals surface area contributed by atoms with Crippen molar-refractivity contribution in [2.45, 2.75) is 20.8 Å². The van der Waals surface area contributed by atoms with Crippen LogP contribution < -0.4 is 4.52 Å². The van der Waals surface area contributed by atoms with E-state index in [0.29, 0.717) is 11.1 Å². The van der Waals surface area contributed by atoms with Crippen LogP contribution in [-0.2, 0) is 9.09 Å². The number of rotatable bonds is 5. The highest BCUT2D eigenvalue weighted by atomic mass is 31.2. The van der Waals surface area contributed by atoms with E-state index in [0.717, 1.165) is 16.7 Å². The molecule has 0 fully saturated rings. The van der Waals surface area contributed by atoms with Gasteiger partial charge in [-0.1, -0.05) is 61.3 Å². The Morgan fingerprint density at radius 1 is 1.15 bits per heavy atom. The Balaban J connectivity index is 2.90. The van der Waals surface area contributed by atoms with E-state index in [1.165, 1.54) is 0 Å². The van der Waals surface area contributed by atoms with Crippen LogP contribution in [0.5, 0.6) is 5.75 Å². The average molecular weight is 370 g/mol. The number of benzene rings is 1. The summed E-state index contributed by atoms with van der Waals surface area (Å²) < 4.78 is 23.1. The highest BCUT2D eigenvalue weighted by Crippen LogP contribution is 2.53. The number of hydrogen-bond acceptors (Lipinski definition) is 3. The van der Waals surface area contributed by atoms with Gasteiger partial charge < -0.3 is 9.05 Å². The minimum Gasteiger partial charge on any atom is -0.395 e. The van der Waals surface area contributed by atoms with E-state index >= 15 is 0 Å². The number of allylic oxidation sites excluding steroid dienone is 7. The van der Waals surface area contributed by atoms with Crippen LogP contribution in [0.25, 0.3) is 17.7 Å². The number of hydrogen-bond donors (Lipinski definition) is 1. The molecule has 136 valence electrons. The van der Waals surface area contributed by atoms with Gasteiger partial charge in [0.25, 0.3) is 0 Å². The van der Waals surface area contributed by atoms with Crippen molar-refractivity contribution < 1.29 is 18.5 Å². The Hall–Kier alpha value is -2.55. The third-order valence-corrected chi connectivity index (χ3v) is 4.77. The number of phosphoric ester groups is 1. The van der Waals surface area contributed by atoms with Gasteiger partial charge in [-0.05, 0) is 44.0 Å². The molecule has 1 unspecified atom stereocenters. The summed E-state index contributed by atoms with van der Waals surface area (Å²) in [4.78, 5) is 10.1. The molecule has 1 atom stereocenters. The van der Waals surface area contributed by atoms with Gasteiger partial charge in [0.05, 0.1) is 0 Å². The van der Waals surface area contributed by atoms with Gasteiger partial charge in [0.15, 0.2) is 0 Å². The van der Waals surface area contributed by atoms with Crippen molar-refractivity contribution in [3.63, 3.8) is 0 Å². The first-order valence-corrected chi connectivity index (χ1v) is 9.68. The zero-order chi connectivity index (χ0) is 19.3. The Morgan fingerprint density at radius 2 is 1.88 bits per heavy atom. The van der Waals surface area contributed by atoms with Gasteiger partial charge in [-0.2, -0.15) is 0 Å². The maximum absolute atomic E-state index is 12.4. The second kappa shape index (κ2) is 8.22. The largest absolute Gasteiger partial charge is 0.584 e. The number of fused-ring (bicyclic) bond motifs is 1. The van der Waals surface area contributed by atoms with Gasteiger partial charge in [-0.25, -0.2) is 4.57 Å². The standard InChI is InChI=1S/C21H23O4P/c1-6-10-18-19(13-11-15(5)7-2)24-26(22,23)25-20-14-12-16(8-3)17(9-4)21(18)20/h6-14H,3-4H2,1-2,5H3,(H,22,23)/b10-6+,13-11-,15-7+. The average Bonchev–Trinajstić information content (AvgIpc) is 2.72. The highest BCUT2D eigenvalue weighted by Gasteiger charge is 2.33. The van der Waals surface area contributed by atoms with Crippen molar-refractivity contribution in [2.24, 2.45) is 0 Å². The van der Waals surface area contributed by atoms with E-state index in [1.807, 2.05) is 45.1 Å². The van der Waals surface area contributed by atoms with Gasteiger partial charge in [0, 0.05) is 11.1 Å². The van der Waals surface area contributed by atoms with Crippen LogP contribution >= 0.6 is 7.82 Å². The molecule has 0 radical (unpaired) electrons. The van der Waals surface area contributed by atoms with Crippen LogP contribution in [0.3, 0.4) is 0 Å². The van der Waals surface area contributed by atoms with Crippen LogP contribution in [0.2, 0.25) is 0 Å². The number of phosphoric acid groups is 1. The molecule has 5 heteroatoms. The summed E-state index contributed by atoms with van der Waals surface area (Å²) >= 11 is 0. The van der Waals surface area contributed by atoms with Gasteiger partial charge >= 0.3 is 7.82 Å². The predicted molar refractivity (Wildman–Crippen MR) is 108 cm³/mol. The summed E-state index contributed by atoms with van der Waals surface area (Å²) in [6, 6.07) is 3.40. The van der Waals surface area contributed by atoms with Crippen LogP contribution in [0, 0.1) is 0 Å². The second-order valence-electron chi connectivity index (χ2n) is 5.64. The molecule has 1 N–H and O–H groups in total. The van der Waals surface area contributed by atoms with E-state index in [2.05, 4.69) is 13.2 Å². The maximum atomic E-state index is 12.4. The molecular formula is C21H23O4P. The first kappa shape index (κ1) is 19.8. The molecule has 1 aromatic rings. The van der Waals surface area contributed by atoms with Crippen molar-refractivity contribution >= 4 is 25.5 Å². The molecule has 1 heterocycles. The fraction of sp³-hybridized carbons (Fsp3) is 0.143. The molecule has 1 aliphatic heterocycles. The lowest BCUT2D eigenvalue weighted by Crippen LogP contribution is -1.96. The fourth-order valence-corrected chi connectivity index (χ4v) is 3.41. The molecule has 0 amide bonds. The minimum absolute atomic E-state index is 0.248. The minimum atomic E-state index is -4.32. The Bertz CT molecular complexity index is 901. The van der Waals surface area contributed by atoms with Crippen molar-refractivity contribution in [2.75, 3.05) is 0 Å². The summed E-state index contributed by atoms with van der Waals surface area (Å²) in [5.74, 6) is 0.508. The van der Waals surface area contributed by atoms with Crippen molar-refractivity contribution in [1.82, 2.24) is 0 Å². The van der Waals surface area contributed by atoms with Gasteiger partial charge in [-0.15, -0.1) is 0 Å². The third kappa shape index (κ3) is 4.16. The van der Waals surface area contributed by atoms with Crippen molar-refractivity contribution in [3.05, 3.63) is 83.7 Å². The summed E-state index contributed by atoms with van der Waals surface area (Å²) in [5, 5.41) is 0. The van der Waals surface area contributed by atoms with Gasteiger partial charge in [0.1, 0.15) is 11.5 Å². The molecule has 0 aromatic heterocycles. The molecular weight excluding hydrogens is 347 g/mol. The lowest BCUT2D eigenvalue weighted by atomic mass is 9.92. The van der Waals surface area contributed by atoms with E-state index in [9.17, 15) is 9.46 Å². The van der Waals surface area contributed by atoms with E-state index in [4.69, 9.17) is 9.05 Å². The second-order valence-corrected chi connectivity index (χ2v) is 6.95. The third-order valence-electron chi connectivity index (χ3n) is 3.91. The molecule has 0 aliphatic carbocycles. The van der Waals surface area contributed by atoms with Gasteiger partial charge in [-0.3, -0.25) is 4.89 Å². The predicted octanol–water partition coefficient (Wildman–Crippen LogP) is 6.29. The van der Waals surface area contributed by atoms with Crippen LogP contribution in [0.4, 0.5) is 0 Å². The first-order chi connectivity index (χ1) is 12.4. The van der Waals surface area contributed by atoms with Gasteiger partial charge in [0.2, 0.25) is 0 Å². The lowest BCUT2D eigenvalue weighted by Gasteiger charge is -2.14. The first-order valence-electron chi connectivity index (χ1n) is 8.19. The topological polar surface area (TPSA) is 55.8 Å². The highest BCUT2D eigenvalue weighted by molar-refractivity contribution is 7.48. The molecule has 0 bridgehead atoms. The molecule has 26 heavy (non-hydrogen) atoms. The van der Waals surface area contributed by atoms with Crippen LogP contribution in [-0.4, -0.2) is 4.89 Å². The normalized spacial score (nSPS) is 20.5. The Kier molecular flexibility index (Phi) is 6.25. The maximum Gasteiger partial charge on any atom is 0.584 e. The summed E-state index contributed by atoms with van der Waals surface area (Å²) in [7, 11) is -4.32. The molecule has 0 saturated carbocycles. The summed E-state index contributed by atoms with van der Waals surface area (Å²) in [5.41, 5.74) is 3.85. The van der Waals surface area contributed by atoms with Crippen LogP contribution in [0.15, 0.2) is 67.0 Å². The summed E-state index contributed by atoms with van der Waals surface area (Å²) in [6.45, 7) is 13.4.